The van der Waals surface area contributed by atoms with Crippen LogP contribution in [0.3, 0.4) is 0 Å². The molecule has 2 aromatic carbocycles. The van der Waals surface area contributed by atoms with Gasteiger partial charge in [0, 0.05) is 24.4 Å². The molecule has 0 unspecified atom stereocenters. The fraction of sp³-hybridized carbons (Fsp3) is 0.250. The molecule has 0 atom stereocenters. The van der Waals surface area contributed by atoms with Crippen LogP contribution < -0.4 is 5.56 Å². The second kappa shape index (κ2) is 9.22. The predicted molar refractivity (Wildman–Crippen MR) is 122 cm³/mol. The van der Waals surface area contributed by atoms with Gasteiger partial charge in [-0.15, -0.1) is 11.3 Å². The van der Waals surface area contributed by atoms with Crippen molar-refractivity contribution in [1.29, 1.82) is 0 Å². The lowest BCUT2D eigenvalue weighted by Crippen LogP contribution is -2.23. The van der Waals surface area contributed by atoms with E-state index in [1.807, 2.05) is 17.5 Å². The van der Waals surface area contributed by atoms with E-state index in [1.54, 1.807) is 19.2 Å². The highest BCUT2D eigenvalue weighted by Gasteiger charge is 2.12. The molecule has 0 bridgehead atoms. The zero-order valence-corrected chi connectivity index (χ0v) is 18.3. The van der Waals surface area contributed by atoms with Gasteiger partial charge in [0.2, 0.25) is 0 Å². The second-order valence-corrected chi connectivity index (χ2v) is 8.12. The van der Waals surface area contributed by atoms with Gasteiger partial charge in [0.15, 0.2) is 0 Å². The Morgan fingerprint density at radius 3 is 2.65 bits per heavy atom. The lowest BCUT2D eigenvalue weighted by molar-refractivity contribution is -0.145. The van der Waals surface area contributed by atoms with E-state index in [9.17, 15) is 9.59 Å². The number of rotatable bonds is 7. The Morgan fingerprint density at radius 2 is 1.87 bits per heavy atom. The first kappa shape index (κ1) is 20.9. The second-order valence-electron chi connectivity index (χ2n) is 7.26. The molecule has 4 rings (SSSR count). The number of aryl methyl sites for hydroxylation is 2. The third-order valence-electron chi connectivity index (χ3n) is 5.17. The minimum Gasteiger partial charge on any atom is -0.459 e. The van der Waals surface area contributed by atoms with Crippen LogP contribution in [0.1, 0.15) is 30.4 Å². The molecule has 6 nitrogen and oxygen atoms in total. The number of carbonyl (C=O) groups excluding carboxylic acids is 1. The Hall–Kier alpha value is -3.32. The Kier molecular flexibility index (Phi) is 6.23. The van der Waals surface area contributed by atoms with Gasteiger partial charge in [-0.25, -0.2) is 9.97 Å². The van der Waals surface area contributed by atoms with Crippen molar-refractivity contribution in [2.75, 3.05) is 0 Å². The lowest BCUT2D eigenvalue weighted by Gasteiger charge is -2.09. The van der Waals surface area contributed by atoms with E-state index in [0.29, 0.717) is 23.1 Å². The van der Waals surface area contributed by atoms with Gasteiger partial charge in [-0.3, -0.25) is 14.2 Å². The molecule has 2 aromatic heterocycles. The van der Waals surface area contributed by atoms with Gasteiger partial charge in [0.05, 0.1) is 23.0 Å². The van der Waals surface area contributed by atoms with Gasteiger partial charge in [-0.2, -0.15) is 0 Å². The average Bonchev–Trinajstić information content (AvgIpc) is 3.28. The number of carbonyl (C=O) groups is 1. The highest BCUT2D eigenvalue weighted by atomic mass is 32.1. The van der Waals surface area contributed by atoms with Gasteiger partial charge in [-0.1, -0.05) is 43.3 Å². The molecule has 7 heteroatoms. The number of nitrogens with zero attached hydrogens (tertiary/aromatic N) is 3. The summed E-state index contributed by atoms with van der Waals surface area (Å²) in [7, 11) is 1.67. The van der Waals surface area contributed by atoms with Gasteiger partial charge in [0.1, 0.15) is 17.4 Å². The van der Waals surface area contributed by atoms with E-state index in [2.05, 4.69) is 41.2 Å². The summed E-state index contributed by atoms with van der Waals surface area (Å²) in [4.78, 5) is 33.8. The quantitative estimate of drug-likeness (QED) is 0.406. The van der Waals surface area contributed by atoms with Crippen LogP contribution in [0, 0.1) is 0 Å². The van der Waals surface area contributed by atoms with E-state index in [1.165, 1.54) is 21.5 Å². The highest BCUT2D eigenvalue weighted by Crippen LogP contribution is 2.24. The first-order chi connectivity index (χ1) is 15.0. The molecule has 0 amide bonds. The summed E-state index contributed by atoms with van der Waals surface area (Å²) in [6.07, 6.45) is 1.48. The lowest BCUT2D eigenvalue weighted by atomic mass is 10.1. The number of fused-ring (bicyclic) bond motifs is 1. The number of hydrogen-bond acceptors (Lipinski definition) is 6. The van der Waals surface area contributed by atoms with Crippen molar-refractivity contribution < 1.29 is 9.53 Å². The fourth-order valence-electron chi connectivity index (χ4n) is 3.32. The molecule has 0 N–H and O–H groups in total. The topological polar surface area (TPSA) is 74.1 Å². The van der Waals surface area contributed by atoms with Crippen LogP contribution in [0.2, 0.25) is 0 Å². The molecule has 0 aliphatic rings. The smallest absolute Gasteiger partial charge is 0.306 e. The average molecular weight is 434 g/mol. The molecule has 158 valence electrons. The molecule has 0 saturated carbocycles. The first-order valence-corrected chi connectivity index (χ1v) is 11.1. The van der Waals surface area contributed by atoms with Crippen molar-refractivity contribution in [2.24, 2.45) is 7.05 Å². The summed E-state index contributed by atoms with van der Waals surface area (Å²) in [5.41, 5.74) is 3.59. The largest absolute Gasteiger partial charge is 0.459 e. The van der Waals surface area contributed by atoms with Crippen LogP contribution in [0.25, 0.3) is 21.5 Å². The van der Waals surface area contributed by atoms with Crippen molar-refractivity contribution in [2.45, 2.75) is 32.8 Å². The summed E-state index contributed by atoms with van der Waals surface area (Å²) in [6, 6.07) is 15.5. The summed E-state index contributed by atoms with van der Waals surface area (Å²) in [5, 5.41) is 3.38. The number of thiazole rings is 1. The van der Waals surface area contributed by atoms with E-state index in [4.69, 9.17) is 4.74 Å². The first-order valence-electron chi connectivity index (χ1n) is 10.2. The zero-order chi connectivity index (χ0) is 21.8. The number of esters is 1. The van der Waals surface area contributed by atoms with Crippen LogP contribution in [0.4, 0.5) is 0 Å². The minimum atomic E-state index is -0.343. The van der Waals surface area contributed by atoms with Crippen LogP contribution in [0.15, 0.2) is 58.7 Å². The molecule has 2 heterocycles. The molecule has 0 spiro atoms. The van der Waals surface area contributed by atoms with Crippen LogP contribution in [-0.2, 0) is 36.0 Å². The van der Waals surface area contributed by atoms with Crippen LogP contribution in [-0.4, -0.2) is 20.5 Å². The van der Waals surface area contributed by atoms with Gasteiger partial charge < -0.3 is 4.74 Å². The molecular formula is C24H23N3O3S. The monoisotopic (exact) mass is 433 g/mol. The van der Waals surface area contributed by atoms with Crippen molar-refractivity contribution >= 4 is 28.2 Å². The molecule has 31 heavy (non-hydrogen) atoms. The molecule has 0 aliphatic carbocycles. The number of aromatic nitrogens is 3. The zero-order valence-electron chi connectivity index (χ0n) is 17.5. The fourth-order valence-corrected chi connectivity index (χ4v) is 4.13. The number of hydrogen-bond donors (Lipinski definition) is 0. The maximum absolute atomic E-state index is 12.5. The van der Waals surface area contributed by atoms with E-state index in [0.717, 1.165) is 22.7 Å². The molecule has 0 fully saturated rings. The number of benzene rings is 2. The van der Waals surface area contributed by atoms with E-state index >= 15 is 0 Å². The maximum Gasteiger partial charge on any atom is 0.306 e. The summed E-state index contributed by atoms with van der Waals surface area (Å²) in [6.45, 7) is 2.26. The summed E-state index contributed by atoms with van der Waals surface area (Å²) in [5.74, 6) is 0.219. The van der Waals surface area contributed by atoms with Crippen LogP contribution >= 0.6 is 11.3 Å². The number of para-hydroxylation sites is 1. The third-order valence-corrected chi connectivity index (χ3v) is 6.11. The van der Waals surface area contributed by atoms with Crippen molar-refractivity contribution in [1.82, 2.24) is 14.5 Å². The van der Waals surface area contributed by atoms with Crippen molar-refractivity contribution in [3.8, 4) is 10.6 Å². The number of ether oxygens (including phenoxy) is 1. The van der Waals surface area contributed by atoms with E-state index < -0.39 is 0 Å². The normalized spacial score (nSPS) is 11.0. The van der Waals surface area contributed by atoms with Gasteiger partial charge in [-0.05, 0) is 24.1 Å². The Morgan fingerprint density at radius 1 is 1.10 bits per heavy atom. The van der Waals surface area contributed by atoms with Crippen molar-refractivity contribution in [3.63, 3.8) is 0 Å². The summed E-state index contributed by atoms with van der Waals surface area (Å²) < 4.78 is 6.88. The maximum atomic E-state index is 12.5. The predicted octanol–water partition coefficient (Wildman–Crippen LogP) is 4.30. The van der Waals surface area contributed by atoms with Crippen molar-refractivity contribution in [3.05, 3.63) is 81.3 Å². The van der Waals surface area contributed by atoms with Crippen LogP contribution in [0.5, 0.6) is 0 Å². The molecule has 0 aliphatic heterocycles. The van der Waals surface area contributed by atoms with E-state index in [-0.39, 0.29) is 24.6 Å². The highest BCUT2D eigenvalue weighted by molar-refractivity contribution is 7.13. The molecule has 0 radical (unpaired) electrons. The minimum absolute atomic E-state index is 0.115. The molecule has 4 aromatic rings. The molecule has 0 saturated heterocycles. The SMILES string of the molecule is CCc1ccc(-c2nc(COC(=O)CCc3nc4ccccc4c(=O)n3C)cs2)cc1. The van der Waals surface area contributed by atoms with Gasteiger partial charge >= 0.3 is 5.97 Å². The Bertz CT molecular complexity index is 1280. The molecular weight excluding hydrogens is 410 g/mol. The van der Waals surface area contributed by atoms with Gasteiger partial charge in [0.25, 0.3) is 5.56 Å². The Balaban J connectivity index is 1.35. The standard InChI is InChI=1S/C24H23N3O3S/c1-3-16-8-10-17(11-9-16)23-25-18(15-31-23)14-30-22(28)13-12-21-26-20-7-5-4-6-19(20)24(29)27(21)2/h4-11,15H,3,12-14H2,1-2H3. The Labute approximate surface area is 184 Å². The third kappa shape index (κ3) is 4.72. The summed E-state index contributed by atoms with van der Waals surface area (Å²) >= 11 is 1.53.